The lowest BCUT2D eigenvalue weighted by Gasteiger charge is -2.06. The summed E-state index contributed by atoms with van der Waals surface area (Å²) in [6.07, 6.45) is 1.82. The number of allylic oxidation sites excluding steroid dienone is 1. The average molecular weight is 202 g/mol. The number of Topliss-reactive ketones (excluding diaryl/α,β-unsaturated/α-hetero) is 1. The van der Waals surface area contributed by atoms with E-state index in [0.717, 1.165) is 24.0 Å². The number of carbonyl (C=O) groups is 1. The normalized spacial score (nSPS) is 10.3. The van der Waals surface area contributed by atoms with Crippen LogP contribution in [0.1, 0.15) is 37.0 Å². The monoisotopic (exact) mass is 202 g/mol. The maximum atomic E-state index is 11.9. The third kappa shape index (κ3) is 3.70. The lowest BCUT2D eigenvalue weighted by atomic mass is 9.97. The molecule has 1 aromatic rings. The summed E-state index contributed by atoms with van der Waals surface area (Å²) in [5.74, 6) is 0.696. The molecule has 15 heavy (non-hydrogen) atoms. The molecule has 0 aliphatic rings. The molecule has 0 atom stereocenters. The standard InChI is InChI=1S/C14H18O/c1-11(2)9-10-12(3)14(15)13-7-5-4-6-8-13/h4-8,11H,3,9-10H2,1-2H3. The van der Waals surface area contributed by atoms with Gasteiger partial charge in [0.15, 0.2) is 5.78 Å². The summed E-state index contributed by atoms with van der Waals surface area (Å²) in [6.45, 7) is 8.16. The van der Waals surface area contributed by atoms with Crippen molar-refractivity contribution in [1.29, 1.82) is 0 Å². The molecular formula is C14H18O. The molecule has 0 spiro atoms. The van der Waals surface area contributed by atoms with Crippen LogP contribution in [0.15, 0.2) is 42.5 Å². The first-order valence-corrected chi connectivity index (χ1v) is 5.38. The van der Waals surface area contributed by atoms with E-state index in [1.165, 1.54) is 0 Å². The van der Waals surface area contributed by atoms with Gasteiger partial charge < -0.3 is 0 Å². The molecule has 0 bridgehead atoms. The number of rotatable bonds is 5. The van der Waals surface area contributed by atoms with Crippen molar-refractivity contribution >= 4 is 5.78 Å². The summed E-state index contributed by atoms with van der Waals surface area (Å²) >= 11 is 0. The zero-order valence-electron chi connectivity index (χ0n) is 9.49. The van der Waals surface area contributed by atoms with Crippen LogP contribution in [0, 0.1) is 5.92 Å². The zero-order valence-corrected chi connectivity index (χ0v) is 9.49. The van der Waals surface area contributed by atoms with Gasteiger partial charge in [-0.05, 0) is 24.3 Å². The molecule has 0 aliphatic carbocycles. The van der Waals surface area contributed by atoms with Crippen molar-refractivity contribution < 1.29 is 4.79 Å². The molecule has 0 aromatic heterocycles. The van der Waals surface area contributed by atoms with Crippen molar-refractivity contribution in [1.82, 2.24) is 0 Å². The van der Waals surface area contributed by atoms with Crippen LogP contribution in [0.3, 0.4) is 0 Å². The number of carbonyl (C=O) groups excluding carboxylic acids is 1. The van der Waals surface area contributed by atoms with Gasteiger partial charge in [-0.3, -0.25) is 4.79 Å². The number of benzene rings is 1. The quantitative estimate of drug-likeness (QED) is 0.523. The minimum Gasteiger partial charge on any atom is -0.289 e. The largest absolute Gasteiger partial charge is 0.289 e. The Kier molecular flexibility index (Phi) is 4.29. The summed E-state index contributed by atoms with van der Waals surface area (Å²) in [6, 6.07) is 9.34. The fraction of sp³-hybridized carbons (Fsp3) is 0.357. The van der Waals surface area contributed by atoms with Crippen LogP contribution in [0.4, 0.5) is 0 Å². The van der Waals surface area contributed by atoms with Crippen LogP contribution < -0.4 is 0 Å². The van der Waals surface area contributed by atoms with Crippen LogP contribution in [-0.2, 0) is 0 Å². The number of hydrogen-bond donors (Lipinski definition) is 0. The van der Waals surface area contributed by atoms with Crippen molar-refractivity contribution in [2.45, 2.75) is 26.7 Å². The van der Waals surface area contributed by atoms with Crippen LogP contribution >= 0.6 is 0 Å². The predicted molar refractivity (Wildman–Crippen MR) is 64.0 cm³/mol. The van der Waals surface area contributed by atoms with Crippen LogP contribution in [0.5, 0.6) is 0 Å². The topological polar surface area (TPSA) is 17.1 Å². The number of hydrogen-bond acceptors (Lipinski definition) is 1. The fourth-order valence-corrected chi connectivity index (χ4v) is 1.37. The summed E-state index contributed by atoms with van der Waals surface area (Å²) in [5, 5.41) is 0. The second-order valence-electron chi connectivity index (χ2n) is 4.23. The van der Waals surface area contributed by atoms with Crippen LogP contribution in [0.2, 0.25) is 0 Å². The average Bonchev–Trinajstić information content (AvgIpc) is 2.26. The van der Waals surface area contributed by atoms with E-state index in [-0.39, 0.29) is 5.78 Å². The molecule has 0 aliphatic heterocycles. The minimum atomic E-state index is 0.0799. The van der Waals surface area contributed by atoms with Crippen molar-refractivity contribution in [3.8, 4) is 0 Å². The van der Waals surface area contributed by atoms with Gasteiger partial charge in [-0.25, -0.2) is 0 Å². The van der Waals surface area contributed by atoms with Gasteiger partial charge in [0.25, 0.3) is 0 Å². The maximum Gasteiger partial charge on any atom is 0.188 e. The van der Waals surface area contributed by atoms with Crippen LogP contribution in [0.25, 0.3) is 0 Å². The highest BCUT2D eigenvalue weighted by atomic mass is 16.1. The molecule has 0 heterocycles. The Bertz CT molecular complexity index is 336. The Morgan fingerprint density at radius 2 is 1.87 bits per heavy atom. The molecule has 0 N–H and O–H groups in total. The first kappa shape index (κ1) is 11.7. The molecule has 1 nitrogen and oxygen atoms in total. The maximum absolute atomic E-state index is 11.9. The predicted octanol–water partition coefficient (Wildman–Crippen LogP) is 3.86. The van der Waals surface area contributed by atoms with Gasteiger partial charge in [-0.15, -0.1) is 0 Å². The summed E-state index contributed by atoms with van der Waals surface area (Å²) in [7, 11) is 0. The Hall–Kier alpha value is -1.37. The molecule has 1 aromatic carbocycles. The molecule has 0 saturated heterocycles. The molecule has 0 amide bonds. The highest BCUT2D eigenvalue weighted by Crippen LogP contribution is 2.14. The molecule has 0 fully saturated rings. The van der Waals surface area contributed by atoms with Gasteiger partial charge in [-0.1, -0.05) is 50.8 Å². The van der Waals surface area contributed by atoms with Gasteiger partial charge in [0.1, 0.15) is 0 Å². The Morgan fingerprint density at radius 1 is 1.27 bits per heavy atom. The van der Waals surface area contributed by atoms with E-state index in [1.807, 2.05) is 30.3 Å². The zero-order chi connectivity index (χ0) is 11.3. The molecule has 0 unspecified atom stereocenters. The fourth-order valence-electron chi connectivity index (χ4n) is 1.37. The van der Waals surface area contributed by atoms with E-state index in [4.69, 9.17) is 0 Å². The van der Waals surface area contributed by atoms with Crippen molar-refractivity contribution in [3.63, 3.8) is 0 Å². The van der Waals surface area contributed by atoms with E-state index in [2.05, 4.69) is 20.4 Å². The van der Waals surface area contributed by atoms with E-state index in [9.17, 15) is 4.79 Å². The van der Waals surface area contributed by atoms with Crippen molar-refractivity contribution in [2.75, 3.05) is 0 Å². The van der Waals surface area contributed by atoms with Gasteiger partial charge >= 0.3 is 0 Å². The first-order chi connectivity index (χ1) is 7.11. The molecule has 1 heteroatoms. The SMILES string of the molecule is C=C(CCC(C)C)C(=O)c1ccccc1. The minimum absolute atomic E-state index is 0.0799. The van der Waals surface area contributed by atoms with Gasteiger partial charge in [-0.2, -0.15) is 0 Å². The van der Waals surface area contributed by atoms with Gasteiger partial charge in [0.05, 0.1) is 0 Å². The first-order valence-electron chi connectivity index (χ1n) is 5.38. The van der Waals surface area contributed by atoms with E-state index >= 15 is 0 Å². The van der Waals surface area contributed by atoms with Crippen LogP contribution in [-0.4, -0.2) is 5.78 Å². The Balaban J connectivity index is 2.58. The van der Waals surface area contributed by atoms with Gasteiger partial charge in [0.2, 0.25) is 0 Å². The lowest BCUT2D eigenvalue weighted by molar-refractivity contribution is 0.103. The number of ketones is 1. The highest BCUT2D eigenvalue weighted by Gasteiger charge is 2.09. The Morgan fingerprint density at radius 3 is 2.40 bits per heavy atom. The van der Waals surface area contributed by atoms with Gasteiger partial charge in [0, 0.05) is 5.56 Å². The highest BCUT2D eigenvalue weighted by molar-refractivity contribution is 6.08. The summed E-state index contributed by atoms with van der Waals surface area (Å²) in [5.41, 5.74) is 1.46. The Labute approximate surface area is 91.8 Å². The molecule has 1 rings (SSSR count). The lowest BCUT2D eigenvalue weighted by Crippen LogP contribution is -2.03. The van der Waals surface area contributed by atoms with Crippen molar-refractivity contribution in [3.05, 3.63) is 48.0 Å². The van der Waals surface area contributed by atoms with E-state index < -0.39 is 0 Å². The molecule has 0 saturated carbocycles. The molecular weight excluding hydrogens is 184 g/mol. The molecule has 80 valence electrons. The second-order valence-corrected chi connectivity index (χ2v) is 4.23. The van der Waals surface area contributed by atoms with E-state index in [1.54, 1.807) is 0 Å². The second kappa shape index (κ2) is 5.50. The summed E-state index contributed by atoms with van der Waals surface area (Å²) in [4.78, 5) is 11.9. The molecule has 0 radical (unpaired) electrons. The van der Waals surface area contributed by atoms with Crippen molar-refractivity contribution in [2.24, 2.45) is 5.92 Å². The summed E-state index contributed by atoms with van der Waals surface area (Å²) < 4.78 is 0. The third-order valence-corrected chi connectivity index (χ3v) is 2.38. The third-order valence-electron chi connectivity index (χ3n) is 2.38. The smallest absolute Gasteiger partial charge is 0.188 e. The van der Waals surface area contributed by atoms with E-state index in [0.29, 0.717) is 5.92 Å².